The third kappa shape index (κ3) is 1.49. The van der Waals surface area contributed by atoms with Crippen LogP contribution in [0.5, 0.6) is 0 Å². The molecule has 1 aliphatic heterocycles. The molecule has 0 aromatic heterocycles. The fraction of sp³-hybridized carbons (Fsp3) is 0.538. The summed E-state index contributed by atoms with van der Waals surface area (Å²) in [5.74, 6) is 1.33. The normalized spacial score (nSPS) is 38.4. The number of nitrogens with one attached hydrogen (secondary N) is 1. The zero-order chi connectivity index (χ0) is 13.1. The van der Waals surface area contributed by atoms with Gasteiger partial charge in [0, 0.05) is 18.1 Å². The Morgan fingerprint density at radius 3 is 2.89 bits per heavy atom. The van der Waals surface area contributed by atoms with Crippen molar-refractivity contribution >= 4 is 22.4 Å². The van der Waals surface area contributed by atoms with Gasteiger partial charge in [-0.25, -0.2) is 4.21 Å². The number of anilines is 1. The maximum absolute atomic E-state index is 12.3. The lowest BCUT2D eigenvalue weighted by molar-refractivity contribution is -0.384. The maximum atomic E-state index is 12.3. The number of fused-ring (bicyclic) bond motifs is 7. The lowest BCUT2D eigenvalue weighted by atomic mass is 9.82. The second-order valence-corrected chi connectivity index (χ2v) is 7.10. The Hall–Kier alpha value is -1.43. The van der Waals surface area contributed by atoms with Crippen LogP contribution in [0.15, 0.2) is 18.2 Å². The van der Waals surface area contributed by atoms with Crippen LogP contribution in [0, 0.1) is 22.0 Å². The highest BCUT2D eigenvalue weighted by molar-refractivity contribution is 7.87. The average molecular weight is 278 g/mol. The Morgan fingerprint density at radius 2 is 2.11 bits per heavy atom. The van der Waals surface area contributed by atoms with Gasteiger partial charge in [-0.1, -0.05) is 0 Å². The molecule has 1 heterocycles. The van der Waals surface area contributed by atoms with Gasteiger partial charge >= 0.3 is 0 Å². The number of hydrogen-bond donors (Lipinski definition) is 1. The average Bonchev–Trinajstić information content (AvgIpc) is 2.99. The minimum atomic E-state index is -1.04. The minimum Gasteiger partial charge on any atom is -0.305 e. The molecule has 0 unspecified atom stereocenters. The van der Waals surface area contributed by atoms with Gasteiger partial charge in [-0.05, 0) is 42.7 Å². The van der Waals surface area contributed by atoms with Crippen molar-refractivity contribution in [3.05, 3.63) is 33.9 Å². The first kappa shape index (κ1) is 11.4. The highest BCUT2D eigenvalue weighted by Crippen LogP contribution is 2.58. The van der Waals surface area contributed by atoms with E-state index in [1.165, 1.54) is 12.5 Å². The molecule has 2 aliphatic carbocycles. The van der Waals surface area contributed by atoms with Crippen molar-refractivity contribution in [2.75, 3.05) is 4.72 Å². The van der Waals surface area contributed by atoms with E-state index in [2.05, 4.69) is 4.72 Å². The molecule has 100 valence electrons. The molecule has 1 aromatic carbocycles. The van der Waals surface area contributed by atoms with Gasteiger partial charge in [0.2, 0.25) is 0 Å². The van der Waals surface area contributed by atoms with Gasteiger partial charge in [0.05, 0.1) is 15.9 Å². The van der Waals surface area contributed by atoms with E-state index in [9.17, 15) is 14.3 Å². The quantitative estimate of drug-likeness (QED) is 0.634. The van der Waals surface area contributed by atoms with Gasteiger partial charge in [-0.2, -0.15) is 0 Å². The van der Waals surface area contributed by atoms with Crippen LogP contribution in [0.25, 0.3) is 0 Å². The summed E-state index contributed by atoms with van der Waals surface area (Å²) in [5, 5.41) is 11.1. The van der Waals surface area contributed by atoms with E-state index in [1.807, 2.05) is 0 Å². The Morgan fingerprint density at radius 1 is 1.32 bits per heavy atom. The topological polar surface area (TPSA) is 72.2 Å². The number of non-ortho nitro benzene ring substituents is 1. The highest BCUT2D eigenvalue weighted by atomic mass is 32.2. The summed E-state index contributed by atoms with van der Waals surface area (Å²) < 4.78 is 15.3. The van der Waals surface area contributed by atoms with Crippen LogP contribution in [0.4, 0.5) is 11.4 Å². The van der Waals surface area contributed by atoms with E-state index >= 15 is 0 Å². The molecule has 3 aliphatic rings. The largest absolute Gasteiger partial charge is 0.305 e. The van der Waals surface area contributed by atoms with Crippen LogP contribution in [0.1, 0.15) is 30.7 Å². The van der Waals surface area contributed by atoms with Crippen molar-refractivity contribution in [1.82, 2.24) is 0 Å². The fourth-order valence-electron chi connectivity index (χ4n) is 4.19. The van der Waals surface area contributed by atoms with Gasteiger partial charge < -0.3 is 4.72 Å². The number of hydrogen-bond acceptors (Lipinski definition) is 3. The number of rotatable bonds is 1. The molecule has 5 nitrogen and oxygen atoms in total. The molecule has 4 rings (SSSR count). The molecule has 5 atom stereocenters. The minimum absolute atomic E-state index is 0.134. The Balaban J connectivity index is 1.85. The second kappa shape index (κ2) is 3.79. The van der Waals surface area contributed by atoms with E-state index in [4.69, 9.17) is 0 Å². The number of nitro benzene ring substituents is 1. The van der Waals surface area contributed by atoms with Crippen LogP contribution in [0.2, 0.25) is 0 Å². The maximum Gasteiger partial charge on any atom is 0.269 e. The van der Waals surface area contributed by atoms with Crippen LogP contribution in [-0.4, -0.2) is 14.4 Å². The van der Waals surface area contributed by atoms with E-state index in [1.54, 1.807) is 12.1 Å². The van der Waals surface area contributed by atoms with E-state index < -0.39 is 11.0 Å². The van der Waals surface area contributed by atoms with Crippen LogP contribution in [-0.2, 0) is 11.0 Å². The molecule has 1 N–H and O–H groups in total. The monoisotopic (exact) mass is 278 g/mol. The van der Waals surface area contributed by atoms with E-state index in [0.717, 1.165) is 24.1 Å². The molecule has 2 fully saturated rings. The Bertz CT molecular complexity index is 604. The summed E-state index contributed by atoms with van der Waals surface area (Å²) in [7, 11) is -1.04. The third-order valence-corrected chi connectivity index (χ3v) is 6.50. The molecule has 1 aromatic rings. The van der Waals surface area contributed by atoms with Gasteiger partial charge in [0.15, 0.2) is 0 Å². The molecule has 6 heteroatoms. The third-order valence-electron chi connectivity index (χ3n) is 4.90. The number of nitrogens with zero attached hydrogens (tertiary/aromatic N) is 1. The predicted octanol–water partition coefficient (Wildman–Crippen LogP) is 2.57. The molecular weight excluding hydrogens is 264 g/mol. The molecular formula is C13H14N2O3S. The first-order chi connectivity index (χ1) is 9.15. The standard InChI is InChI=1S/C13H14N2O3S/c16-15(17)9-3-4-11-10(6-9)12-7-1-2-8(5-7)13(12)19(18)14-11/h3-4,6-8,12-14H,1-2,5H2/t7-,8-,12-,13+,19-/m0/s1. The molecule has 2 bridgehead atoms. The van der Waals surface area contributed by atoms with Crippen LogP contribution < -0.4 is 4.72 Å². The Kier molecular flexibility index (Phi) is 2.27. The lowest BCUT2D eigenvalue weighted by Crippen LogP contribution is -2.37. The lowest BCUT2D eigenvalue weighted by Gasteiger charge is -2.36. The molecule has 0 amide bonds. The zero-order valence-electron chi connectivity index (χ0n) is 10.2. The van der Waals surface area contributed by atoms with Crippen molar-refractivity contribution in [2.45, 2.75) is 30.4 Å². The summed E-state index contributed by atoms with van der Waals surface area (Å²) in [6.45, 7) is 0. The van der Waals surface area contributed by atoms with Crippen molar-refractivity contribution in [3.8, 4) is 0 Å². The summed E-state index contributed by atoms with van der Waals surface area (Å²) in [6.07, 6.45) is 3.46. The van der Waals surface area contributed by atoms with E-state index in [-0.39, 0.29) is 21.8 Å². The number of nitro groups is 1. The zero-order valence-corrected chi connectivity index (χ0v) is 11.1. The fourth-order valence-corrected chi connectivity index (χ4v) is 5.96. The first-order valence-electron chi connectivity index (χ1n) is 6.60. The van der Waals surface area contributed by atoms with Gasteiger partial charge in [-0.3, -0.25) is 10.1 Å². The summed E-state index contributed by atoms with van der Waals surface area (Å²) in [6, 6.07) is 4.86. The highest BCUT2D eigenvalue weighted by Gasteiger charge is 2.53. The van der Waals surface area contributed by atoms with Crippen molar-refractivity contribution in [3.63, 3.8) is 0 Å². The van der Waals surface area contributed by atoms with Gasteiger partial charge in [-0.15, -0.1) is 0 Å². The molecule has 2 saturated carbocycles. The van der Waals surface area contributed by atoms with E-state index in [0.29, 0.717) is 11.8 Å². The van der Waals surface area contributed by atoms with Crippen molar-refractivity contribution in [1.29, 1.82) is 0 Å². The summed E-state index contributed by atoms with van der Waals surface area (Å²) in [4.78, 5) is 10.6. The molecule has 0 spiro atoms. The predicted molar refractivity (Wildman–Crippen MR) is 72.2 cm³/mol. The van der Waals surface area contributed by atoms with Crippen LogP contribution in [0.3, 0.4) is 0 Å². The van der Waals surface area contributed by atoms with Gasteiger partial charge in [0.25, 0.3) is 5.69 Å². The SMILES string of the molecule is O=[N+]([O-])c1ccc2c(c1)[C@@H]1[C@H]3CC[C@@H](C3)[C@H]1[S@](=O)N2. The van der Waals surface area contributed by atoms with Gasteiger partial charge in [0.1, 0.15) is 11.0 Å². The number of benzene rings is 1. The molecule has 0 saturated heterocycles. The van der Waals surface area contributed by atoms with Crippen molar-refractivity contribution in [2.24, 2.45) is 11.8 Å². The molecule has 0 radical (unpaired) electrons. The van der Waals surface area contributed by atoms with Crippen LogP contribution >= 0.6 is 0 Å². The van der Waals surface area contributed by atoms with Crippen molar-refractivity contribution < 1.29 is 9.13 Å². The second-order valence-electron chi connectivity index (χ2n) is 5.75. The Labute approximate surface area is 113 Å². The first-order valence-corrected chi connectivity index (χ1v) is 7.82. The summed E-state index contributed by atoms with van der Waals surface area (Å²) in [5.41, 5.74) is 1.96. The molecule has 19 heavy (non-hydrogen) atoms. The smallest absolute Gasteiger partial charge is 0.269 e. The summed E-state index contributed by atoms with van der Waals surface area (Å²) >= 11 is 0.